The van der Waals surface area contributed by atoms with Crippen LogP contribution in [0.1, 0.15) is 17.2 Å². The molecular weight excluding hydrogens is 625 g/mol. The van der Waals surface area contributed by atoms with Crippen LogP contribution >= 0.6 is 11.8 Å². The third kappa shape index (κ3) is 4.20. The summed E-state index contributed by atoms with van der Waals surface area (Å²) in [6.45, 7) is 0. The lowest BCUT2D eigenvalue weighted by atomic mass is 9.83. The number of benzene rings is 7. The molecule has 3 heterocycles. The van der Waals surface area contributed by atoms with Crippen molar-refractivity contribution in [2.24, 2.45) is 0 Å². The number of fused-ring (bicyclic) bond motifs is 9. The van der Waals surface area contributed by atoms with Gasteiger partial charge in [0.2, 0.25) is 0 Å². The van der Waals surface area contributed by atoms with Crippen LogP contribution in [0, 0.1) is 0 Å². The summed E-state index contributed by atoms with van der Waals surface area (Å²) in [7, 11) is 0. The fourth-order valence-corrected chi connectivity index (χ4v) is 9.67. The Morgan fingerprint density at radius 3 is 1.84 bits per heavy atom. The van der Waals surface area contributed by atoms with E-state index in [1.165, 1.54) is 87.2 Å². The first-order valence-corrected chi connectivity index (χ1v) is 18.2. The van der Waals surface area contributed by atoms with E-state index in [1.54, 1.807) is 0 Å². The molecule has 0 spiro atoms. The first-order chi connectivity index (χ1) is 24.8. The van der Waals surface area contributed by atoms with E-state index >= 15 is 0 Å². The van der Waals surface area contributed by atoms with Gasteiger partial charge in [0.25, 0.3) is 0 Å². The lowest BCUT2D eigenvalue weighted by Gasteiger charge is -2.21. The molecule has 0 fully saturated rings. The molecule has 0 radical (unpaired) electrons. The average Bonchev–Trinajstić information content (AvgIpc) is 3.72. The minimum absolute atomic E-state index is 0.246. The molecule has 2 atom stereocenters. The summed E-state index contributed by atoms with van der Waals surface area (Å²) in [5.41, 5.74) is 9.74. The molecule has 7 aromatic carbocycles. The second kappa shape index (κ2) is 10.8. The van der Waals surface area contributed by atoms with Gasteiger partial charge in [-0.05, 0) is 107 Å². The summed E-state index contributed by atoms with van der Waals surface area (Å²) in [5, 5.41) is 11.7. The number of rotatable bonds is 3. The molecule has 0 bridgehead atoms. The minimum atomic E-state index is 0.246. The molecule has 234 valence electrons. The molecule has 1 aliphatic carbocycles. The summed E-state index contributed by atoms with van der Waals surface area (Å²) >= 11 is 1.93. The summed E-state index contributed by atoms with van der Waals surface area (Å²) in [5.74, 6) is 0.246. The first kappa shape index (κ1) is 28.0. The van der Waals surface area contributed by atoms with Crippen molar-refractivity contribution in [3.05, 3.63) is 181 Å². The Balaban J connectivity index is 1.17. The number of thioether (sulfide) groups is 1. The lowest BCUT2D eigenvalue weighted by Crippen LogP contribution is -2.10. The maximum atomic E-state index is 5.10. The zero-order chi connectivity index (χ0) is 32.8. The summed E-state index contributed by atoms with van der Waals surface area (Å²) in [6, 6.07) is 53.5. The van der Waals surface area contributed by atoms with Crippen molar-refractivity contribution < 1.29 is 0 Å². The van der Waals surface area contributed by atoms with Gasteiger partial charge in [0, 0.05) is 17.4 Å². The topological polar surface area (TPSA) is 17.3 Å². The Morgan fingerprint density at radius 1 is 0.520 bits per heavy atom. The van der Waals surface area contributed by atoms with Crippen molar-refractivity contribution in [2.75, 3.05) is 0 Å². The van der Waals surface area contributed by atoms with E-state index in [0.29, 0.717) is 5.25 Å². The van der Waals surface area contributed by atoms with Crippen molar-refractivity contribution >= 4 is 66.1 Å². The zero-order valence-corrected chi connectivity index (χ0v) is 27.9. The third-order valence-corrected chi connectivity index (χ3v) is 12.0. The number of pyridine rings is 1. The molecule has 2 aliphatic rings. The van der Waals surface area contributed by atoms with Crippen LogP contribution < -0.4 is 0 Å². The van der Waals surface area contributed by atoms with Gasteiger partial charge in [-0.15, -0.1) is 0 Å². The van der Waals surface area contributed by atoms with Gasteiger partial charge in [-0.1, -0.05) is 145 Å². The van der Waals surface area contributed by atoms with E-state index in [0.717, 1.165) is 5.65 Å². The van der Waals surface area contributed by atoms with Crippen LogP contribution in [0.5, 0.6) is 0 Å². The predicted octanol–water partition coefficient (Wildman–Crippen LogP) is 12.5. The van der Waals surface area contributed by atoms with Gasteiger partial charge in [0.05, 0.1) is 5.69 Å². The van der Waals surface area contributed by atoms with Gasteiger partial charge in [-0.3, -0.25) is 4.40 Å². The second-order valence-electron chi connectivity index (χ2n) is 13.5. The normalized spacial score (nSPS) is 16.8. The lowest BCUT2D eigenvalue weighted by molar-refractivity contribution is 0.848. The van der Waals surface area contributed by atoms with Crippen LogP contribution in [0.25, 0.3) is 76.6 Å². The van der Waals surface area contributed by atoms with E-state index in [9.17, 15) is 0 Å². The highest BCUT2D eigenvalue weighted by Gasteiger charge is 2.36. The molecule has 3 heteroatoms. The highest BCUT2D eigenvalue weighted by atomic mass is 32.2. The van der Waals surface area contributed by atoms with E-state index in [-0.39, 0.29) is 5.92 Å². The smallest absolute Gasteiger partial charge is 0.137 e. The predicted molar refractivity (Wildman–Crippen MR) is 212 cm³/mol. The Bertz CT molecular complexity index is 2930. The van der Waals surface area contributed by atoms with Gasteiger partial charge >= 0.3 is 0 Å². The average molecular weight is 655 g/mol. The first-order valence-electron chi connectivity index (χ1n) is 17.3. The zero-order valence-electron chi connectivity index (χ0n) is 27.1. The number of allylic oxidation sites excluding steroid dienone is 3. The highest BCUT2D eigenvalue weighted by molar-refractivity contribution is 8.00. The van der Waals surface area contributed by atoms with Crippen molar-refractivity contribution in [2.45, 2.75) is 16.2 Å². The molecule has 1 aliphatic heterocycles. The second-order valence-corrected chi connectivity index (χ2v) is 14.7. The number of hydrogen-bond donors (Lipinski definition) is 0. The number of hydrogen-bond acceptors (Lipinski definition) is 2. The number of nitrogens with zero attached hydrogens (tertiary/aromatic N) is 2. The minimum Gasteiger partial charge on any atom is -0.294 e. The molecule has 11 rings (SSSR count). The van der Waals surface area contributed by atoms with Crippen molar-refractivity contribution in [1.82, 2.24) is 9.38 Å². The van der Waals surface area contributed by atoms with Gasteiger partial charge in [0.15, 0.2) is 0 Å². The quantitative estimate of drug-likeness (QED) is 0.176. The monoisotopic (exact) mass is 654 g/mol. The molecule has 2 nitrogen and oxygen atoms in total. The molecule has 2 aromatic heterocycles. The fraction of sp³-hybridized carbons (Fsp3) is 0.0426. The Kier molecular flexibility index (Phi) is 6.05. The molecular formula is C47H30N2S. The van der Waals surface area contributed by atoms with Gasteiger partial charge in [-0.2, -0.15) is 0 Å². The van der Waals surface area contributed by atoms with E-state index < -0.39 is 0 Å². The SMILES string of the molecule is C1=CC2Sc3c(nc4ccccn34)C2C=C1c1ccc2c(-c3ccc4ccccc4c3)c3ccccc3c(-c3ccc4ccccc4c3)c2c1. The Hall–Kier alpha value is -5.90. The molecule has 2 unspecified atom stereocenters. The number of aromatic nitrogens is 2. The van der Waals surface area contributed by atoms with Crippen LogP contribution in [0.4, 0.5) is 0 Å². The van der Waals surface area contributed by atoms with Crippen LogP contribution in [0.3, 0.4) is 0 Å². The van der Waals surface area contributed by atoms with Crippen LogP contribution in [-0.4, -0.2) is 14.6 Å². The van der Waals surface area contributed by atoms with Crippen molar-refractivity contribution in [3.63, 3.8) is 0 Å². The molecule has 0 saturated heterocycles. The molecule has 9 aromatic rings. The maximum absolute atomic E-state index is 5.10. The van der Waals surface area contributed by atoms with Crippen molar-refractivity contribution in [1.29, 1.82) is 0 Å². The highest BCUT2D eigenvalue weighted by Crippen LogP contribution is 2.50. The Morgan fingerprint density at radius 2 is 1.12 bits per heavy atom. The third-order valence-electron chi connectivity index (χ3n) is 10.7. The van der Waals surface area contributed by atoms with Gasteiger partial charge in [0.1, 0.15) is 10.7 Å². The molecule has 0 N–H and O–H groups in total. The van der Waals surface area contributed by atoms with Crippen LogP contribution in [0.15, 0.2) is 175 Å². The fourth-order valence-electron chi connectivity index (χ4n) is 8.33. The van der Waals surface area contributed by atoms with Crippen molar-refractivity contribution in [3.8, 4) is 22.3 Å². The summed E-state index contributed by atoms with van der Waals surface area (Å²) in [4.78, 5) is 5.10. The largest absolute Gasteiger partial charge is 0.294 e. The summed E-state index contributed by atoms with van der Waals surface area (Å²) in [6.07, 6.45) is 9.30. The van der Waals surface area contributed by atoms with E-state index in [4.69, 9.17) is 4.98 Å². The van der Waals surface area contributed by atoms with E-state index in [1.807, 2.05) is 11.8 Å². The van der Waals surface area contributed by atoms with Gasteiger partial charge in [-0.25, -0.2) is 4.98 Å². The number of imidazole rings is 1. The maximum Gasteiger partial charge on any atom is 0.137 e. The van der Waals surface area contributed by atoms with Crippen LogP contribution in [-0.2, 0) is 0 Å². The molecule has 0 amide bonds. The molecule has 0 saturated carbocycles. The standard InChI is InChI=1S/C47H30N2S/c1-3-11-31-25-35(18-16-29(31)9-1)44-37-13-5-6-14-38(37)45(36-19-17-30-10-2-4-12-32(30)26-36)40-27-33(20-22-39(40)44)34-21-23-42-41(28-34)46-47(50-42)49-24-8-7-15-43(49)48-46/h1-28,41-42H. The molecule has 50 heavy (non-hydrogen) atoms. The summed E-state index contributed by atoms with van der Waals surface area (Å²) < 4.78 is 2.24. The van der Waals surface area contributed by atoms with E-state index in [2.05, 4.69) is 174 Å². The Labute approximate surface area is 294 Å². The van der Waals surface area contributed by atoms with Gasteiger partial charge < -0.3 is 0 Å². The van der Waals surface area contributed by atoms with Crippen LogP contribution in [0.2, 0.25) is 0 Å².